The van der Waals surface area contributed by atoms with Crippen LogP contribution in [0.1, 0.15) is 93.4 Å². The molecule has 15 nitrogen and oxygen atoms in total. The molecule has 0 radical (unpaired) electrons. The predicted molar refractivity (Wildman–Crippen MR) is 176 cm³/mol. The van der Waals surface area contributed by atoms with E-state index in [4.69, 9.17) is 35.2 Å². The molecular formula is C32H61N5O10. The Balaban J connectivity index is 5.32. The lowest BCUT2D eigenvalue weighted by Gasteiger charge is -2.27. The van der Waals surface area contributed by atoms with E-state index >= 15 is 0 Å². The number of nitrogens with one attached hydrogen (secondary N) is 3. The quantitative estimate of drug-likeness (QED) is 0.0672. The van der Waals surface area contributed by atoms with E-state index in [0.717, 1.165) is 0 Å². The van der Waals surface area contributed by atoms with E-state index in [2.05, 4.69) is 16.0 Å². The minimum absolute atomic E-state index is 0.0144. The van der Waals surface area contributed by atoms with Crippen LogP contribution in [0.4, 0.5) is 0 Å². The van der Waals surface area contributed by atoms with Gasteiger partial charge in [-0.3, -0.25) is 19.2 Å². The standard InChI is InChI=1S/C32H61N5O10/c1-23(38)35-16-9-8-12-26(30(42)47-32(5,6)7)37-28(40)25(13-10-11-24(34)29(41)46-31(2,3)4)36-27(39)14-17-43-19-21-45-22-20-44-18-15-33/h24-26H,8-22,33-34H2,1-7H3,(H,35,38)(H,36,39)(H,37,40)/t24?,25-,26-/m0/s1. The van der Waals surface area contributed by atoms with Gasteiger partial charge in [-0.05, 0) is 80.1 Å². The van der Waals surface area contributed by atoms with Gasteiger partial charge in [-0.25, -0.2) is 4.79 Å². The van der Waals surface area contributed by atoms with Crippen molar-refractivity contribution in [2.75, 3.05) is 52.7 Å². The first-order valence-corrected chi connectivity index (χ1v) is 16.4. The van der Waals surface area contributed by atoms with Crippen molar-refractivity contribution in [3.8, 4) is 0 Å². The van der Waals surface area contributed by atoms with Gasteiger partial charge in [-0.2, -0.15) is 0 Å². The minimum Gasteiger partial charge on any atom is -0.459 e. The Morgan fingerprint density at radius 1 is 0.660 bits per heavy atom. The lowest BCUT2D eigenvalue weighted by atomic mass is 10.0. The second-order valence-corrected chi connectivity index (χ2v) is 13.1. The molecule has 47 heavy (non-hydrogen) atoms. The number of rotatable bonds is 25. The number of unbranched alkanes of at least 4 members (excludes halogenated alkanes) is 1. The summed E-state index contributed by atoms with van der Waals surface area (Å²) >= 11 is 0. The maximum atomic E-state index is 13.5. The van der Waals surface area contributed by atoms with Gasteiger partial charge in [-0.15, -0.1) is 0 Å². The summed E-state index contributed by atoms with van der Waals surface area (Å²) < 4.78 is 26.9. The molecule has 0 rings (SSSR count). The van der Waals surface area contributed by atoms with Crippen LogP contribution in [0, 0.1) is 0 Å². The zero-order valence-electron chi connectivity index (χ0n) is 29.6. The first kappa shape index (κ1) is 44.1. The molecule has 3 atom stereocenters. The van der Waals surface area contributed by atoms with Gasteiger partial charge in [0.05, 0.1) is 39.6 Å². The van der Waals surface area contributed by atoms with E-state index in [1.807, 2.05) is 0 Å². The Bertz CT molecular complexity index is 936. The van der Waals surface area contributed by atoms with Crippen LogP contribution in [0.3, 0.4) is 0 Å². The average Bonchev–Trinajstić information content (AvgIpc) is 2.94. The van der Waals surface area contributed by atoms with Crippen LogP contribution in [-0.2, 0) is 47.7 Å². The third kappa shape index (κ3) is 25.9. The Labute approximate surface area is 280 Å². The van der Waals surface area contributed by atoms with Crippen LogP contribution in [0.15, 0.2) is 0 Å². The van der Waals surface area contributed by atoms with Crippen molar-refractivity contribution in [2.45, 2.75) is 123 Å². The minimum atomic E-state index is -1.02. The van der Waals surface area contributed by atoms with Crippen molar-refractivity contribution in [2.24, 2.45) is 11.5 Å². The van der Waals surface area contributed by atoms with Gasteiger partial charge in [-0.1, -0.05) is 0 Å². The first-order chi connectivity index (χ1) is 21.9. The summed E-state index contributed by atoms with van der Waals surface area (Å²) in [6, 6.07) is -2.91. The van der Waals surface area contributed by atoms with Crippen LogP contribution in [0.2, 0.25) is 0 Å². The Hall–Kier alpha value is -2.85. The smallest absolute Gasteiger partial charge is 0.329 e. The number of hydrogen-bond donors (Lipinski definition) is 5. The fourth-order valence-corrected chi connectivity index (χ4v) is 3.99. The van der Waals surface area contributed by atoms with E-state index in [-0.39, 0.29) is 44.8 Å². The number of nitrogens with two attached hydrogens (primary N) is 2. The number of amides is 3. The fraction of sp³-hybridized carbons (Fsp3) is 0.844. The molecule has 0 aromatic heterocycles. The second kappa shape index (κ2) is 24.3. The van der Waals surface area contributed by atoms with Crippen LogP contribution < -0.4 is 27.4 Å². The van der Waals surface area contributed by atoms with Crippen molar-refractivity contribution in [1.29, 1.82) is 0 Å². The maximum Gasteiger partial charge on any atom is 0.329 e. The molecule has 0 aliphatic carbocycles. The summed E-state index contributed by atoms with van der Waals surface area (Å²) in [6.07, 6.45) is 2.04. The van der Waals surface area contributed by atoms with Crippen molar-refractivity contribution >= 4 is 29.7 Å². The monoisotopic (exact) mass is 675 g/mol. The van der Waals surface area contributed by atoms with Gasteiger partial charge in [0, 0.05) is 26.4 Å². The molecule has 0 fully saturated rings. The molecule has 1 unspecified atom stereocenters. The maximum absolute atomic E-state index is 13.5. The summed E-state index contributed by atoms with van der Waals surface area (Å²) in [7, 11) is 0. The Morgan fingerprint density at radius 2 is 1.19 bits per heavy atom. The molecule has 0 bridgehead atoms. The summed E-state index contributed by atoms with van der Waals surface area (Å²) in [5.41, 5.74) is 9.89. The van der Waals surface area contributed by atoms with Gasteiger partial charge in [0.15, 0.2) is 0 Å². The largest absolute Gasteiger partial charge is 0.459 e. The second-order valence-electron chi connectivity index (χ2n) is 13.1. The van der Waals surface area contributed by atoms with E-state index in [1.165, 1.54) is 6.92 Å². The van der Waals surface area contributed by atoms with E-state index in [0.29, 0.717) is 58.8 Å². The number of esters is 2. The van der Waals surface area contributed by atoms with Crippen molar-refractivity contribution in [3.05, 3.63) is 0 Å². The normalized spacial score (nSPS) is 13.6. The molecular weight excluding hydrogens is 614 g/mol. The van der Waals surface area contributed by atoms with Gasteiger partial charge >= 0.3 is 11.9 Å². The molecule has 0 heterocycles. The van der Waals surface area contributed by atoms with Gasteiger partial charge < -0.3 is 51.1 Å². The summed E-state index contributed by atoms with van der Waals surface area (Å²) in [6.45, 7) is 14.7. The van der Waals surface area contributed by atoms with E-state index in [9.17, 15) is 24.0 Å². The van der Waals surface area contributed by atoms with Gasteiger partial charge in [0.25, 0.3) is 0 Å². The molecule has 3 amide bonds. The third-order valence-corrected chi connectivity index (χ3v) is 6.15. The molecule has 0 aliphatic heterocycles. The van der Waals surface area contributed by atoms with Crippen molar-refractivity contribution < 1.29 is 47.7 Å². The number of carbonyl (C=O) groups is 5. The van der Waals surface area contributed by atoms with E-state index < -0.39 is 53.1 Å². The van der Waals surface area contributed by atoms with Crippen LogP contribution >= 0.6 is 0 Å². The Kier molecular flexibility index (Phi) is 22.8. The van der Waals surface area contributed by atoms with E-state index in [1.54, 1.807) is 41.5 Å². The lowest BCUT2D eigenvalue weighted by molar-refractivity contribution is -0.159. The summed E-state index contributed by atoms with van der Waals surface area (Å²) in [4.78, 5) is 62.8. The van der Waals surface area contributed by atoms with Crippen LogP contribution in [0.25, 0.3) is 0 Å². The molecule has 15 heteroatoms. The molecule has 0 aromatic carbocycles. The Morgan fingerprint density at radius 3 is 1.74 bits per heavy atom. The lowest BCUT2D eigenvalue weighted by Crippen LogP contribution is -2.52. The molecule has 0 saturated carbocycles. The van der Waals surface area contributed by atoms with Crippen LogP contribution in [0.5, 0.6) is 0 Å². The molecule has 7 N–H and O–H groups in total. The average molecular weight is 676 g/mol. The molecule has 274 valence electrons. The molecule has 0 spiro atoms. The summed E-state index contributed by atoms with van der Waals surface area (Å²) in [5.74, 6) is -2.33. The van der Waals surface area contributed by atoms with Crippen molar-refractivity contribution in [1.82, 2.24) is 16.0 Å². The zero-order valence-corrected chi connectivity index (χ0v) is 29.6. The SMILES string of the molecule is CC(=O)NCCCC[C@H](NC(=O)[C@H](CCCC(N)C(=O)OC(C)(C)C)NC(=O)CCOCCOCCOCCN)C(=O)OC(C)(C)C. The molecule has 0 saturated heterocycles. The van der Waals surface area contributed by atoms with Crippen molar-refractivity contribution in [3.63, 3.8) is 0 Å². The highest BCUT2D eigenvalue weighted by molar-refractivity contribution is 5.90. The highest BCUT2D eigenvalue weighted by Gasteiger charge is 2.30. The highest BCUT2D eigenvalue weighted by Crippen LogP contribution is 2.14. The van der Waals surface area contributed by atoms with Gasteiger partial charge in [0.2, 0.25) is 17.7 Å². The van der Waals surface area contributed by atoms with Gasteiger partial charge in [0.1, 0.15) is 29.3 Å². The van der Waals surface area contributed by atoms with Crippen LogP contribution in [-0.4, -0.2) is 112 Å². The molecule has 0 aromatic rings. The third-order valence-electron chi connectivity index (χ3n) is 6.15. The highest BCUT2D eigenvalue weighted by atomic mass is 16.6. The number of carbonyl (C=O) groups excluding carboxylic acids is 5. The first-order valence-electron chi connectivity index (χ1n) is 16.4. The number of ether oxygens (including phenoxy) is 5. The zero-order chi connectivity index (χ0) is 35.9. The fourth-order valence-electron chi connectivity index (χ4n) is 3.99. The topological polar surface area (TPSA) is 220 Å². The number of hydrogen-bond acceptors (Lipinski definition) is 12. The predicted octanol–water partition coefficient (Wildman–Crippen LogP) is 0.842. The molecule has 0 aliphatic rings. The summed E-state index contributed by atoms with van der Waals surface area (Å²) in [5, 5.41) is 8.17.